The Hall–Kier alpha value is -1.40. The van der Waals surface area contributed by atoms with Gasteiger partial charge < -0.3 is 9.64 Å². The molecular weight excluding hydrogens is 503 g/mol. The number of carbonyl (C=O) groups is 2. The number of benzene rings is 1. The quantitative estimate of drug-likeness (QED) is 0.516. The van der Waals surface area contributed by atoms with Crippen molar-refractivity contribution in [3.8, 4) is 0 Å². The highest BCUT2D eigenvalue weighted by atomic mass is 35.5. The Morgan fingerprint density at radius 3 is 2.28 bits per heavy atom. The lowest BCUT2D eigenvalue weighted by atomic mass is 9.98. The number of esters is 1. The number of carbonyl (C=O) groups excluding carboxylic acids is 2. The predicted molar refractivity (Wildman–Crippen MR) is 119 cm³/mol. The minimum atomic E-state index is -3.92. The normalized spacial score (nSPS) is 21.9. The molecule has 1 atom stereocenters. The first-order valence-corrected chi connectivity index (χ1v) is 14.0. The predicted octanol–water partition coefficient (Wildman–Crippen LogP) is 1.58. The van der Waals surface area contributed by atoms with Gasteiger partial charge in [0, 0.05) is 26.2 Å². The zero-order valence-electron chi connectivity index (χ0n) is 17.4. The summed E-state index contributed by atoms with van der Waals surface area (Å²) in [6, 6.07) is 4.02. The van der Waals surface area contributed by atoms with Gasteiger partial charge in [-0.15, -0.1) is 0 Å². The summed E-state index contributed by atoms with van der Waals surface area (Å²) in [6.45, 7) is -0.325. The van der Waals surface area contributed by atoms with E-state index in [-0.39, 0.29) is 52.4 Å². The number of amides is 1. The van der Waals surface area contributed by atoms with Gasteiger partial charge in [0.1, 0.15) is 4.90 Å². The molecule has 0 spiro atoms. The lowest BCUT2D eigenvalue weighted by Crippen LogP contribution is -2.42. The Morgan fingerprint density at radius 1 is 1.16 bits per heavy atom. The van der Waals surface area contributed by atoms with E-state index in [0.717, 1.165) is 0 Å². The third kappa shape index (κ3) is 5.56. The van der Waals surface area contributed by atoms with Gasteiger partial charge >= 0.3 is 5.97 Å². The molecule has 0 bridgehead atoms. The molecule has 2 saturated heterocycles. The summed E-state index contributed by atoms with van der Waals surface area (Å²) in [5.74, 6) is -1.66. The van der Waals surface area contributed by atoms with Crippen LogP contribution in [0.25, 0.3) is 0 Å². The molecule has 0 N–H and O–H groups in total. The maximum Gasteiger partial charge on any atom is 0.309 e. The minimum absolute atomic E-state index is 0.0247. The summed E-state index contributed by atoms with van der Waals surface area (Å²) in [5.41, 5.74) is 0. The van der Waals surface area contributed by atoms with Crippen LogP contribution in [0.3, 0.4) is 0 Å². The van der Waals surface area contributed by atoms with Crippen LogP contribution in [-0.4, -0.2) is 82.2 Å². The molecule has 0 unspecified atom stereocenters. The van der Waals surface area contributed by atoms with E-state index in [1.165, 1.54) is 28.4 Å². The molecule has 2 aliphatic heterocycles. The molecule has 0 aliphatic carbocycles. The van der Waals surface area contributed by atoms with Crippen LogP contribution in [0.4, 0.5) is 0 Å². The fourth-order valence-electron chi connectivity index (χ4n) is 3.83. The van der Waals surface area contributed by atoms with Crippen LogP contribution in [0.5, 0.6) is 0 Å². The second-order valence-electron chi connectivity index (χ2n) is 7.90. The van der Waals surface area contributed by atoms with Crippen molar-refractivity contribution in [2.24, 2.45) is 5.92 Å². The highest BCUT2D eigenvalue weighted by Crippen LogP contribution is 2.33. The van der Waals surface area contributed by atoms with Crippen molar-refractivity contribution in [1.29, 1.82) is 0 Å². The smallest absolute Gasteiger partial charge is 0.309 e. The van der Waals surface area contributed by atoms with Crippen LogP contribution in [0.2, 0.25) is 10.0 Å². The lowest BCUT2D eigenvalue weighted by molar-refractivity contribution is -0.156. The second kappa shape index (κ2) is 9.84. The molecular formula is C19H24Cl2N2O7S2. The van der Waals surface area contributed by atoms with Crippen molar-refractivity contribution in [3.05, 3.63) is 28.2 Å². The zero-order chi connectivity index (χ0) is 23.7. The number of piperidine rings is 1. The van der Waals surface area contributed by atoms with Crippen molar-refractivity contribution in [3.63, 3.8) is 0 Å². The van der Waals surface area contributed by atoms with E-state index >= 15 is 0 Å². The molecule has 2 fully saturated rings. The van der Waals surface area contributed by atoms with Gasteiger partial charge in [0.25, 0.3) is 5.91 Å². The standard InChI is InChI=1S/C19H24Cl2N2O7S2/c1-22(14-7-10-31(26,27)12-14)17(24)11-30-19(25)13-5-8-23(9-6-13)32(28,29)18-15(20)3-2-4-16(18)21/h2-4,13-14H,5-12H2,1H3/t14-/m1/s1. The van der Waals surface area contributed by atoms with E-state index in [1.807, 2.05) is 0 Å². The van der Waals surface area contributed by atoms with E-state index < -0.39 is 50.3 Å². The number of sulfone groups is 1. The Bertz CT molecular complexity index is 1080. The summed E-state index contributed by atoms with van der Waals surface area (Å²) in [4.78, 5) is 25.8. The van der Waals surface area contributed by atoms with Crippen LogP contribution in [0.15, 0.2) is 23.1 Å². The van der Waals surface area contributed by atoms with Crippen molar-refractivity contribution in [2.45, 2.75) is 30.2 Å². The number of rotatable bonds is 6. The van der Waals surface area contributed by atoms with Crippen molar-refractivity contribution in [2.75, 3.05) is 38.2 Å². The second-order valence-corrected chi connectivity index (χ2v) is 12.8. The first kappa shape index (κ1) is 25.2. The van der Waals surface area contributed by atoms with Crippen LogP contribution in [0, 0.1) is 5.92 Å². The van der Waals surface area contributed by atoms with Gasteiger partial charge in [-0.1, -0.05) is 29.3 Å². The lowest BCUT2D eigenvalue weighted by Gasteiger charge is -2.30. The average Bonchev–Trinajstić information content (AvgIpc) is 3.10. The molecule has 13 heteroatoms. The monoisotopic (exact) mass is 526 g/mol. The van der Waals surface area contributed by atoms with Gasteiger partial charge in [-0.05, 0) is 31.4 Å². The van der Waals surface area contributed by atoms with E-state index in [1.54, 1.807) is 6.07 Å². The maximum absolute atomic E-state index is 12.9. The number of hydrogen-bond acceptors (Lipinski definition) is 7. The molecule has 3 rings (SSSR count). The van der Waals surface area contributed by atoms with E-state index in [4.69, 9.17) is 27.9 Å². The number of sulfonamides is 1. The van der Waals surface area contributed by atoms with Gasteiger partial charge in [0.15, 0.2) is 16.4 Å². The first-order valence-electron chi connectivity index (χ1n) is 9.99. The van der Waals surface area contributed by atoms with Crippen LogP contribution in [0.1, 0.15) is 19.3 Å². The molecule has 178 valence electrons. The molecule has 32 heavy (non-hydrogen) atoms. The molecule has 0 radical (unpaired) electrons. The maximum atomic E-state index is 12.9. The number of ether oxygens (including phenoxy) is 1. The van der Waals surface area contributed by atoms with Crippen molar-refractivity contribution in [1.82, 2.24) is 9.21 Å². The first-order chi connectivity index (χ1) is 14.9. The average molecular weight is 527 g/mol. The van der Waals surface area contributed by atoms with Gasteiger partial charge in [-0.25, -0.2) is 16.8 Å². The Balaban J connectivity index is 1.52. The summed E-state index contributed by atoms with van der Waals surface area (Å²) in [5, 5.41) is 0.0495. The molecule has 1 amide bonds. The third-order valence-corrected chi connectivity index (χ3v) is 10.4. The van der Waals surface area contributed by atoms with Crippen LogP contribution in [-0.2, 0) is 34.2 Å². The van der Waals surface area contributed by atoms with E-state index in [2.05, 4.69) is 0 Å². The number of halogens is 2. The molecule has 2 aliphatic rings. The Kier molecular flexibility index (Phi) is 7.76. The molecule has 1 aromatic rings. The van der Waals surface area contributed by atoms with E-state index in [9.17, 15) is 26.4 Å². The van der Waals surface area contributed by atoms with Gasteiger partial charge in [-0.2, -0.15) is 4.31 Å². The highest BCUT2D eigenvalue weighted by molar-refractivity contribution is 7.91. The minimum Gasteiger partial charge on any atom is -0.455 e. The number of likely N-dealkylation sites (N-methyl/N-ethyl adjacent to an activating group) is 1. The van der Waals surface area contributed by atoms with Crippen molar-refractivity contribution >= 4 is 54.9 Å². The van der Waals surface area contributed by atoms with Gasteiger partial charge in [0.2, 0.25) is 10.0 Å². The van der Waals surface area contributed by atoms with Gasteiger partial charge in [-0.3, -0.25) is 9.59 Å². The SMILES string of the molecule is CN(C(=O)COC(=O)C1CCN(S(=O)(=O)c2c(Cl)cccc2Cl)CC1)[C@@H]1CCS(=O)(=O)C1. The van der Waals surface area contributed by atoms with Crippen molar-refractivity contribution < 1.29 is 31.2 Å². The fourth-order valence-corrected chi connectivity index (χ4v) is 8.16. The molecule has 1 aromatic carbocycles. The molecule has 0 saturated carbocycles. The third-order valence-electron chi connectivity index (χ3n) is 5.79. The zero-order valence-corrected chi connectivity index (χ0v) is 20.5. The number of hydrogen-bond donors (Lipinski definition) is 0. The highest BCUT2D eigenvalue weighted by Gasteiger charge is 2.36. The fraction of sp³-hybridized carbons (Fsp3) is 0.579. The summed E-state index contributed by atoms with van der Waals surface area (Å²) >= 11 is 12.1. The molecule has 9 nitrogen and oxygen atoms in total. The molecule has 2 heterocycles. The van der Waals surface area contributed by atoms with Crippen LogP contribution >= 0.6 is 23.2 Å². The topological polar surface area (TPSA) is 118 Å². The summed E-state index contributed by atoms with van der Waals surface area (Å²) in [7, 11) is -5.57. The number of nitrogens with zero attached hydrogens (tertiary/aromatic N) is 2. The van der Waals surface area contributed by atoms with Gasteiger partial charge in [0.05, 0.1) is 27.5 Å². The summed E-state index contributed by atoms with van der Waals surface area (Å²) < 4.78 is 55.3. The van der Waals surface area contributed by atoms with E-state index in [0.29, 0.717) is 6.42 Å². The Morgan fingerprint density at radius 2 is 1.75 bits per heavy atom. The van der Waals surface area contributed by atoms with Crippen LogP contribution < -0.4 is 0 Å². The summed E-state index contributed by atoms with van der Waals surface area (Å²) in [6.07, 6.45) is 0.816. The largest absolute Gasteiger partial charge is 0.455 e. The molecule has 0 aromatic heterocycles. The Labute approximate surface area is 197 Å².